The van der Waals surface area contributed by atoms with E-state index >= 15 is 0 Å². The molecule has 2 aromatic rings. The molecule has 2 heterocycles. The van der Waals surface area contributed by atoms with Crippen LogP contribution in [-0.2, 0) is 6.67 Å². The third-order valence-corrected chi connectivity index (χ3v) is 3.93. The summed E-state index contributed by atoms with van der Waals surface area (Å²) >= 11 is 1.37. The first-order valence-corrected chi connectivity index (χ1v) is 6.65. The molecular weight excluding hydrogens is 265 g/mol. The molecule has 0 N–H and O–H groups in total. The molecule has 1 aromatic heterocycles. The van der Waals surface area contributed by atoms with E-state index in [-0.39, 0.29) is 11.4 Å². The zero-order valence-corrected chi connectivity index (χ0v) is 11.2. The molecule has 0 amide bonds. The van der Waals surface area contributed by atoms with Crippen LogP contribution >= 0.6 is 11.3 Å². The maximum absolute atomic E-state index is 12.8. The Balaban J connectivity index is 2.13. The van der Waals surface area contributed by atoms with E-state index in [4.69, 9.17) is 0 Å². The summed E-state index contributed by atoms with van der Waals surface area (Å²) in [6, 6.07) is 6.08. The molecule has 3 rings (SSSR count). The lowest BCUT2D eigenvalue weighted by molar-refractivity contribution is 0.246. The van der Waals surface area contributed by atoms with Crippen LogP contribution in [0.4, 0.5) is 4.39 Å². The Hall–Kier alpha value is -1.79. The first-order valence-electron chi connectivity index (χ1n) is 5.83. The molecule has 0 unspecified atom stereocenters. The summed E-state index contributed by atoms with van der Waals surface area (Å²) in [6.45, 7) is 1.17. The summed E-state index contributed by atoms with van der Waals surface area (Å²) < 4.78 is 15.1. The molecule has 0 spiro atoms. The fraction of sp³-hybridized carbons (Fsp3) is 0.231. The molecule has 98 valence electrons. The summed E-state index contributed by atoms with van der Waals surface area (Å²) in [5.41, 5.74) is 0.769. The number of halogens is 1. The van der Waals surface area contributed by atoms with Crippen LogP contribution in [-0.4, -0.2) is 23.2 Å². The van der Waals surface area contributed by atoms with Gasteiger partial charge in [0.2, 0.25) is 0 Å². The smallest absolute Gasteiger partial charge is 0.270 e. The van der Waals surface area contributed by atoms with E-state index < -0.39 is 0 Å². The largest absolute Gasteiger partial charge is 0.271 e. The normalized spacial score (nSPS) is 16.2. The van der Waals surface area contributed by atoms with Crippen LogP contribution in [0.2, 0.25) is 0 Å². The number of aromatic nitrogens is 1. The van der Waals surface area contributed by atoms with E-state index in [9.17, 15) is 9.18 Å². The average molecular weight is 277 g/mol. The zero-order valence-electron chi connectivity index (χ0n) is 10.3. The summed E-state index contributed by atoms with van der Waals surface area (Å²) in [5.74, 6) is -0.282. The molecule has 1 aromatic carbocycles. The van der Waals surface area contributed by atoms with Crippen molar-refractivity contribution in [1.29, 1.82) is 0 Å². The fourth-order valence-electron chi connectivity index (χ4n) is 1.93. The van der Waals surface area contributed by atoms with Crippen molar-refractivity contribution >= 4 is 17.4 Å². The number of hydrogen-bond donors (Lipinski definition) is 0. The van der Waals surface area contributed by atoms with Gasteiger partial charge in [-0.15, -0.1) is 0 Å². The summed E-state index contributed by atoms with van der Waals surface area (Å²) in [6.07, 6.45) is 1.77. The Labute approximate surface area is 112 Å². The van der Waals surface area contributed by atoms with Crippen molar-refractivity contribution in [3.05, 3.63) is 55.3 Å². The average Bonchev–Trinajstić information content (AvgIpc) is 2.70. The second-order valence-electron chi connectivity index (χ2n) is 4.47. The highest BCUT2D eigenvalue weighted by molar-refractivity contribution is 7.07. The van der Waals surface area contributed by atoms with Crippen molar-refractivity contribution in [1.82, 2.24) is 9.47 Å². The van der Waals surface area contributed by atoms with Gasteiger partial charge >= 0.3 is 0 Å². The van der Waals surface area contributed by atoms with Crippen molar-refractivity contribution in [2.75, 3.05) is 13.7 Å². The molecule has 0 saturated carbocycles. The van der Waals surface area contributed by atoms with Gasteiger partial charge in [-0.2, -0.15) is 0 Å². The van der Waals surface area contributed by atoms with Gasteiger partial charge in [0, 0.05) is 0 Å². The Kier molecular flexibility index (Phi) is 3.04. The highest BCUT2D eigenvalue weighted by Gasteiger charge is 2.11. The minimum absolute atomic E-state index is 0.0420. The highest BCUT2D eigenvalue weighted by Crippen LogP contribution is 2.03. The van der Waals surface area contributed by atoms with Gasteiger partial charge in [0.25, 0.3) is 5.56 Å². The lowest BCUT2D eigenvalue weighted by Crippen LogP contribution is -2.40. The number of benzene rings is 1. The molecule has 19 heavy (non-hydrogen) atoms. The van der Waals surface area contributed by atoms with Gasteiger partial charge in [0.05, 0.1) is 17.9 Å². The fourth-order valence-corrected chi connectivity index (χ4v) is 2.89. The summed E-state index contributed by atoms with van der Waals surface area (Å²) in [7, 11) is 1.92. The number of rotatable bonds is 1. The van der Waals surface area contributed by atoms with E-state index in [1.165, 1.54) is 23.5 Å². The third kappa shape index (κ3) is 2.36. The number of fused-ring (bicyclic) bond motifs is 1. The molecule has 1 aliphatic rings. The van der Waals surface area contributed by atoms with Gasteiger partial charge in [-0.1, -0.05) is 23.5 Å². The van der Waals surface area contributed by atoms with Crippen molar-refractivity contribution < 1.29 is 4.39 Å². The van der Waals surface area contributed by atoms with E-state index in [1.54, 1.807) is 22.8 Å². The van der Waals surface area contributed by atoms with Gasteiger partial charge in [-0.25, -0.2) is 9.38 Å². The van der Waals surface area contributed by atoms with E-state index in [2.05, 4.69) is 4.99 Å². The van der Waals surface area contributed by atoms with Crippen molar-refractivity contribution in [3.63, 3.8) is 0 Å². The molecule has 0 bridgehead atoms. The predicted octanol–water partition coefficient (Wildman–Crippen LogP) is 0.358. The predicted molar refractivity (Wildman–Crippen MR) is 72.0 cm³/mol. The minimum Gasteiger partial charge on any atom is -0.270 e. The van der Waals surface area contributed by atoms with Crippen LogP contribution < -0.4 is 14.9 Å². The lowest BCUT2D eigenvalue weighted by atomic mass is 10.2. The molecular formula is C13H12FN3OS. The van der Waals surface area contributed by atoms with Gasteiger partial charge in [0.1, 0.15) is 5.82 Å². The SMILES string of the molecule is CN1CN=c2s/c(=C/c3ccc(F)cc3)c(=O)n2C1. The van der Waals surface area contributed by atoms with Crippen LogP contribution in [0.5, 0.6) is 0 Å². The molecule has 0 aliphatic carbocycles. The molecule has 6 heteroatoms. The quantitative estimate of drug-likeness (QED) is 0.755. The van der Waals surface area contributed by atoms with E-state index in [1.807, 2.05) is 11.9 Å². The van der Waals surface area contributed by atoms with Crippen LogP contribution in [0.1, 0.15) is 5.56 Å². The van der Waals surface area contributed by atoms with Crippen molar-refractivity contribution in [2.45, 2.75) is 6.67 Å². The van der Waals surface area contributed by atoms with Gasteiger partial charge in [0.15, 0.2) is 4.80 Å². The molecule has 0 fully saturated rings. The molecule has 4 nitrogen and oxygen atoms in total. The standard InChI is InChI=1S/C13H12FN3OS/c1-16-7-15-13-17(8-16)12(18)11(19-13)6-9-2-4-10(14)5-3-9/h2-6H,7-8H2,1H3/b11-6+. The highest BCUT2D eigenvalue weighted by atomic mass is 32.1. The summed E-state index contributed by atoms with van der Waals surface area (Å²) in [4.78, 5) is 19.3. The van der Waals surface area contributed by atoms with Crippen LogP contribution in [0.25, 0.3) is 6.08 Å². The second-order valence-corrected chi connectivity index (χ2v) is 5.48. The Morgan fingerprint density at radius 2 is 2.11 bits per heavy atom. The van der Waals surface area contributed by atoms with Crippen LogP contribution in [0, 0.1) is 5.82 Å². The zero-order chi connectivity index (χ0) is 13.4. The second kappa shape index (κ2) is 4.71. The first kappa shape index (κ1) is 12.3. The minimum atomic E-state index is -0.282. The third-order valence-electron chi connectivity index (χ3n) is 2.89. The number of nitrogens with zero attached hydrogens (tertiary/aromatic N) is 3. The Morgan fingerprint density at radius 3 is 2.84 bits per heavy atom. The van der Waals surface area contributed by atoms with E-state index in [0.717, 1.165) is 10.4 Å². The monoisotopic (exact) mass is 277 g/mol. The maximum Gasteiger partial charge on any atom is 0.271 e. The Morgan fingerprint density at radius 1 is 1.37 bits per heavy atom. The molecule has 0 atom stereocenters. The molecule has 0 radical (unpaired) electrons. The van der Waals surface area contributed by atoms with Crippen molar-refractivity contribution in [2.24, 2.45) is 4.99 Å². The topological polar surface area (TPSA) is 37.6 Å². The first-order chi connectivity index (χ1) is 9.13. The van der Waals surface area contributed by atoms with Crippen LogP contribution in [0.15, 0.2) is 34.1 Å². The van der Waals surface area contributed by atoms with Gasteiger partial charge in [-0.3, -0.25) is 14.3 Å². The van der Waals surface area contributed by atoms with Crippen LogP contribution in [0.3, 0.4) is 0 Å². The number of hydrogen-bond acceptors (Lipinski definition) is 4. The van der Waals surface area contributed by atoms with Gasteiger partial charge < -0.3 is 0 Å². The number of thiazole rings is 1. The maximum atomic E-state index is 12.8. The molecule has 0 saturated heterocycles. The Bertz CT molecular complexity index is 776. The lowest BCUT2D eigenvalue weighted by Gasteiger charge is -2.17. The van der Waals surface area contributed by atoms with E-state index in [0.29, 0.717) is 17.9 Å². The molecule has 1 aliphatic heterocycles. The van der Waals surface area contributed by atoms with Gasteiger partial charge in [-0.05, 0) is 30.8 Å². The summed E-state index contributed by atoms with van der Waals surface area (Å²) in [5, 5.41) is 0. The van der Waals surface area contributed by atoms with Crippen molar-refractivity contribution in [3.8, 4) is 0 Å².